The molecule has 0 unspecified atom stereocenters. The van der Waals surface area contributed by atoms with E-state index in [4.69, 9.17) is 0 Å². The van der Waals surface area contributed by atoms with Gasteiger partial charge in [-0.05, 0) is 43.7 Å². The first-order valence-corrected chi connectivity index (χ1v) is 8.73. The summed E-state index contributed by atoms with van der Waals surface area (Å²) in [6, 6.07) is 12.1. The van der Waals surface area contributed by atoms with E-state index in [-0.39, 0.29) is 18.4 Å². The molecule has 1 aromatic heterocycles. The van der Waals surface area contributed by atoms with E-state index in [0.29, 0.717) is 11.6 Å². The molecule has 6 heteroatoms. The van der Waals surface area contributed by atoms with E-state index in [1.165, 1.54) is 5.56 Å². The van der Waals surface area contributed by atoms with Gasteiger partial charge in [0.05, 0.1) is 6.54 Å². The molecule has 0 radical (unpaired) electrons. The molecule has 2 heterocycles. The number of nitrogens with one attached hydrogen (secondary N) is 2. The van der Waals surface area contributed by atoms with Gasteiger partial charge in [-0.2, -0.15) is 5.10 Å². The van der Waals surface area contributed by atoms with Crippen molar-refractivity contribution in [3.8, 4) is 0 Å². The zero-order valence-electron chi connectivity index (χ0n) is 14.5. The Balaban J connectivity index is 1.41. The number of amides is 2. The van der Waals surface area contributed by atoms with Crippen molar-refractivity contribution in [3.05, 3.63) is 53.3 Å². The molecule has 1 fully saturated rings. The van der Waals surface area contributed by atoms with Crippen LogP contribution in [-0.4, -0.2) is 46.5 Å². The lowest BCUT2D eigenvalue weighted by molar-refractivity contribution is -0.131. The van der Waals surface area contributed by atoms with Crippen molar-refractivity contribution in [2.75, 3.05) is 19.6 Å². The van der Waals surface area contributed by atoms with Crippen LogP contribution in [0.25, 0.3) is 0 Å². The summed E-state index contributed by atoms with van der Waals surface area (Å²) in [5.41, 5.74) is 2.48. The minimum atomic E-state index is -0.323. The molecular formula is C19H24N4O2. The lowest BCUT2D eigenvalue weighted by Crippen LogP contribution is -2.44. The van der Waals surface area contributed by atoms with Gasteiger partial charge in [-0.25, -0.2) is 0 Å². The number of aryl methyl sites for hydroxylation is 1. The Labute approximate surface area is 147 Å². The first-order valence-electron chi connectivity index (χ1n) is 8.73. The van der Waals surface area contributed by atoms with E-state index in [1.807, 2.05) is 17.9 Å². The molecule has 2 N–H and O–H groups in total. The van der Waals surface area contributed by atoms with Crippen molar-refractivity contribution in [1.82, 2.24) is 20.4 Å². The molecule has 3 rings (SSSR count). The van der Waals surface area contributed by atoms with Crippen LogP contribution in [-0.2, 0) is 11.2 Å². The molecule has 2 amide bonds. The summed E-state index contributed by atoms with van der Waals surface area (Å²) in [5, 5.41) is 9.26. The van der Waals surface area contributed by atoms with Gasteiger partial charge in [0.15, 0.2) is 0 Å². The molecule has 0 saturated carbocycles. The van der Waals surface area contributed by atoms with Crippen LogP contribution in [0.3, 0.4) is 0 Å². The van der Waals surface area contributed by atoms with Crippen molar-refractivity contribution < 1.29 is 9.59 Å². The van der Waals surface area contributed by atoms with Gasteiger partial charge in [-0.1, -0.05) is 30.3 Å². The molecule has 0 atom stereocenters. The van der Waals surface area contributed by atoms with Crippen LogP contribution in [0.5, 0.6) is 0 Å². The molecule has 2 aromatic rings. The zero-order valence-corrected chi connectivity index (χ0v) is 14.5. The maximum atomic E-state index is 12.3. The number of hydrogen-bond acceptors (Lipinski definition) is 3. The van der Waals surface area contributed by atoms with E-state index in [9.17, 15) is 9.59 Å². The van der Waals surface area contributed by atoms with Crippen molar-refractivity contribution >= 4 is 11.8 Å². The smallest absolute Gasteiger partial charge is 0.272 e. The predicted molar refractivity (Wildman–Crippen MR) is 95.1 cm³/mol. The Hall–Kier alpha value is -2.63. The fourth-order valence-corrected chi connectivity index (χ4v) is 3.23. The number of rotatable bonds is 5. The van der Waals surface area contributed by atoms with Crippen LogP contribution in [0.2, 0.25) is 0 Å². The van der Waals surface area contributed by atoms with Gasteiger partial charge < -0.3 is 10.2 Å². The molecule has 1 aliphatic rings. The molecule has 1 aliphatic heterocycles. The van der Waals surface area contributed by atoms with Crippen LogP contribution >= 0.6 is 0 Å². The topological polar surface area (TPSA) is 78.1 Å². The Morgan fingerprint density at radius 1 is 1.24 bits per heavy atom. The normalized spacial score (nSPS) is 15.2. The fourth-order valence-electron chi connectivity index (χ4n) is 3.23. The monoisotopic (exact) mass is 340 g/mol. The lowest BCUT2D eigenvalue weighted by Gasteiger charge is -2.32. The maximum absolute atomic E-state index is 12.3. The summed E-state index contributed by atoms with van der Waals surface area (Å²) in [4.78, 5) is 26.1. The van der Waals surface area contributed by atoms with Gasteiger partial charge in [0.2, 0.25) is 5.91 Å². The van der Waals surface area contributed by atoms with Gasteiger partial charge in [0.1, 0.15) is 5.69 Å². The largest absolute Gasteiger partial charge is 0.342 e. The molecule has 0 bridgehead atoms. The predicted octanol–water partition coefficient (Wildman–Crippen LogP) is 1.93. The first kappa shape index (κ1) is 17.2. The molecule has 0 aliphatic carbocycles. The van der Waals surface area contributed by atoms with E-state index >= 15 is 0 Å². The van der Waals surface area contributed by atoms with Crippen molar-refractivity contribution in [2.24, 2.45) is 5.92 Å². The van der Waals surface area contributed by atoms with Crippen molar-refractivity contribution in [2.45, 2.75) is 26.2 Å². The average Bonchev–Trinajstić information content (AvgIpc) is 3.07. The van der Waals surface area contributed by atoms with E-state index < -0.39 is 0 Å². The highest BCUT2D eigenvalue weighted by Gasteiger charge is 2.23. The van der Waals surface area contributed by atoms with Gasteiger partial charge >= 0.3 is 0 Å². The fraction of sp³-hybridized carbons (Fsp3) is 0.421. The minimum Gasteiger partial charge on any atom is -0.342 e. The Bertz CT molecular complexity index is 718. The second kappa shape index (κ2) is 7.96. The zero-order chi connectivity index (χ0) is 17.6. The number of carbonyl (C=O) groups excluding carboxylic acids is 2. The van der Waals surface area contributed by atoms with Gasteiger partial charge in [0, 0.05) is 18.8 Å². The van der Waals surface area contributed by atoms with Crippen LogP contribution in [0.4, 0.5) is 0 Å². The van der Waals surface area contributed by atoms with Crippen LogP contribution < -0.4 is 5.32 Å². The Morgan fingerprint density at radius 3 is 2.60 bits per heavy atom. The number of hydrogen-bond donors (Lipinski definition) is 2. The number of benzene rings is 1. The van der Waals surface area contributed by atoms with Gasteiger partial charge in [-0.15, -0.1) is 0 Å². The standard InChI is InChI=1S/C19H24N4O2/c1-14-11-17(22-21-14)19(25)20-13-18(24)23-9-7-16(8-10-23)12-15-5-3-2-4-6-15/h2-6,11,16H,7-10,12-13H2,1H3,(H,20,25)(H,21,22). The van der Waals surface area contributed by atoms with Crippen LogP contribution in [0.15, 0.2) is 36.4 Å². The summed E-state index contributed by atoms with van der Waals surface area (Å²) in [6.45, 7) is 3.37. The summed E-state index contributed by atoms with van der Waals surface area (Å²) in [6.07, 6.45) is 3.08. The SMILES string of the molecule is Cc1cc(C(=O)NCC(=O)N2CCC(Cc3ccccc3)CC2)n[nH]1. The lowest BCUT2D eigenvalue weighted by atomic mass is 9.90. The molecule has 6 nitrogen and oxygen atoms in total. The van der Waals surface area contributed by atoms with Crippen LogP contribution in [0, 0.1) is 12.8 Å². The average molecular weight is 340 g/mol. The Morgan fingerprint density at radius 2 is 1.96 bits per heavy atom. The summed E-state index contributed by atoms with van der Waals surface area (Å²) >= 11 is 0. The third-order valence-electron chi connectivity index (χ3n) is 4.67. The highest BCUT2D eigenvalue weighted by atomic mass is 16.2. The van der Waals surface area contributed by atoms with Gasteiger partial charge in [-0.3, -0.25) is 14.7 Å². The van der Waals surface area contributed by atoms with Crippen molar-refractivity contribution in [1.29, 1.82) is 0 Å². The third kappa shape index (κ3) is 4.68. The second-order valence-electron chi connectivity index (χ2n) is 6.63. The van der Waals surface area contributed by atoms with E-state index in [2.05, 4.69) is 39.8 Å². The number of aromatic amines is 1. The summed E-state index contributed by atoms with van der Waals surface area (Å²) < 4.78 is 0. The molecule has 1 saturated heterocycles. The summed E-state index contributed by atoms with van der Waals surface area (Å²) in [5.74, 6) is 0.267. The molecule has 0 spiro atoms. The van der Waals surface area contributed by atoms with Gasteiger partial charge in [0.25, 0.3) is 5.91 Å². The van der Waals surface area contributed by atoms with E-state index in [1.54, 1.807) is 6.07 Å². The number of nitrogens with zero attached hydrogens (tertiary/aromatic N) is 2. The molecule has 25 heavy (non-hydrogen) atoms. The Kier molecular flexibility index (Phi) is 5.48. The highest BCUT2D eigenvalue weighted by molar-refractivity contribution is 5.94. The number of aromatic nitrogens is 2. The second-order valence-corrected chi connectivity index (χ2v) is 6.63. The summed E-state index contributed by atoms with van der Waals surface area (Å²) in [7, 11) is 0. The van der Waals surface area contributed by atoms with E-state index in [0.717, 1.165) is 38.0 Å². The first-order chi connectivity index (χ1) is 12.1. The number of carbonyl (C=O) groups is 2. The molecular weight excluding hydrogens is 316 g/mol. The third-order valence-corrected chi connectivity index (χ3v) is 4.67. The molecule has 1 aromatic carbocycles. The minimum absolute atomic E-state index is 0.0219. The number of piperidine rings is 1. The maximum Gasteiger partial charge on any atom is 0.272 e. The molecule has 132 valence electrons. The quantitative estimate of drug-likeness (QED) is 0.873. The number of H-pyrrole nitrogens is 1. The number of likely N-dealkylation sites (tertiary alicyclic amines) is 1. The van der Waals surface area contributed by atoms with Crippen LogP contribution in [0.1, 0.15) is 34.6 Å². The van der Waals surface area contributed by atoms with Crippen molar-refractivity contribution in [3.63, 3.8) is 0 Å². The highest BCUT2D eigenvalue weighted by Crippen LogP contribution is 2.21.